The van der Waals surface area contributed by atoms with E-state index in [0.29, 0.717) is 17.5 Å². The lowest BCUT2D eigenvalue weighted by molar-refractivity contribution is 0.245. The van der Waals surface area contributed by atoms with Gasteiger partial charge >= 0.3 is 0 Å². The largest absolute Gasteiger partial charge is 0.365 e. The fourth-order valence-corrected chi connectivity index (χ4v) is 4.19. The lowest BCUT2D eigenvalue weighted by atomic mass is 9.88. The minimum Gasteiger partial charge on any atom is -0.365 e. The molecular weight excluding hydrogens is 359 g/mol. The highest BCUT2D eigenvalue weighted by Crippen LogP contribution is 2.36. The predicted molar refractivity (Wildman–Crippen MR) is 94.3 cm³/mol. The fraction of sp³-hybridized carbons (Fsp3) is 0.647. The summed E-state index contributed by atoms with van der Waals surface area (Å²) < 4.78 is 1.32. The topological polar surface area (TPSA) is 15.3 Å². The molecule has 0 bridgehead atoms. The van der Waals surface area contributed by atoms with Gasteiger partial charge in [0.1, 0.15) is 0 Å². The Morgan fingerprint density at radius 3 is 2.45 bits per heavy atom. The molecule has 0 aromatic heterocycles. The van der Waals surface area contributed by atoms with Gasteiger partial charge in [0.05, 0.1) is 0 Å². The molecule has 1 unspecified atom stereocenters. The van der Waals surface area contributed by atoms with Crippen LogP contribution < -0.4 is 10.2 Å². The van der Waals surface area contributed by atoms with E-state index in [2.05, 4.69) is 70.9 Å². The number of piperazine rings is 1. The molecule has 1 atom stereocenters. The van der Waals surface area contributed by atoms with Crippen molar-refractivity contribution in [1.82, 2.24) is 5.32 Å². The van der Waals surface area contributed by atoms with Crippen molar-refractivity contribution >= 4 is 28.3 Å². The van der Waals surface area contributed by atoms with E-state index in [0.717, 1.165) is 6.54 Å². The van der Waals surface area contributed by atoms with Gasteiger partial charge in [-0.2, -0.15) is 0 Å². The number of nitrogens with zero attached hydrogens (tertiary/aromatic N) is 1. The Balaban J connectivity index is 1.87. The molecule has 1 N–H and O–H groups in total. The summed E-state index contributed by atoms with van der Waals surface area (Å²) in [4.78, 5) is 2.67. The van der Waals surface area contributed by atoms with Gasteiger partial charge in [-0.05, 0) is 65.6 Å². The Kier molecular flexibility index (Phi) is 4.27. The van der Waals surface area contributed by atoms with Crippen LogP contribution in [0.4, 0.5) is 5.69 Å². The van der Waals surface area contributed by atoms with E-state index in [1.54, 1.807) is 0 Å². The first-order valence-corrected chi connectivity index (χ1v) is 8.95. The Bertz CT molecular complexity index is 449. The number of nitrogens with one attached hydrogen (secondary N) is 1. The highest BCUT2D eigenvalue weighted by atomic mass is 127. The van der Waals surface area contributed by atoms with E-state index in [-0.39, 0.29) is 0 Å². The molecule has 1 heterocycles. The lowest BCUT2D eigenvalue weighted by Gasteiger charge is -2.49. The van der Waals surface area contributed by atoms with Gasteiger partial charge in [0, 0.05) is 33.9 Å². The van der Waals surface area contributed by atoms with Crippen molar-refractivity contribution in [2.45, 2.75) is 51.1 Å². The summed E-state index contributed by atoms with van der Waals surface area (Å²) in [5, 5.41) is 3.89. The first kappa shape index (κ1) is 14.6. The molecular formula is C17H25IN2. The normalized spacial score (nSPS) is 25.6. The van der Waals surface area contributed by atoms with Crippen molar-refractivity contribution in [2.75, 3.05) is 18.0 Å². The third kappa shape index (κ3) is 2.84. The molecule has 1 aliphatic heterocycles. The molecule has 0 amide bonds. The predicted octanol–water partition coefficient (Wildman–Crippen LogP) is 4.04. The number of hydrogen-bond donors (Lipinski definition) is 1. The summed E-state index contributed by atoms with van der Waals surface area (Å²) in [6.07, 6.45) is 5.47. The average molecular weight is 384 g/mol. The molecule has 110 valence electrons. The van der Waals surface area contributed by atoms with Crippen LogP contribution in [-0.2, 0) is 0 Å². The van der Waals surface area contributed by atoms with Gasteiger partial charge in [0.15, 0.2) is 0 Å². The minimum absolute atomic E-state index is 0.383. The smallest absolute Gasteiger partial charge is 0.0438 e. The highest BCUT2D eigenvalue weighted by Gasteiger charge is 2.41. The summed E-state index contributed by atoms with van der Waals surface area (Å²) in [7, 11) is 0. The fourth-order valence-electron chi connectivity index (χ4n) is 3.83. The second-order valence-corrected chi connectivity index (χ2v) is 8.03. The first-order chi connectivity index (χ1) is 9.60. The SMILES string of the molecule is CC(C)C1CNC2(CCCC2)CN1c1ccc(I)cc1. The van der Waals surface area contributed by atoms with Crippen LogP contribution in [0.25, 0.3) is 0 Å². The zero-order valence-electron chi connectivity index (χ0n) is 12.5. The summed E-state index contributed by atoms with van der Waals surface area (Å²) >= 11 is 2.39. The summed E-state index contributed by atoms with van der Waals surface area (Å²) in [5.74, 6) is 0.681. The van der Waals surface area contributed by atoms with E-state index in [1.807, 2.05) is 0 Å². The molecule has 2 fully saturated rings. The average Bonchev–Trinajstić information content (AvgIpc) is 2.87. The summed E-state index contributed by atoms with van der Waals surface area (Å²) in [6.45, 7) is 7.00. The monoisotopic (exact) mass is 384 g/mol. The van der Waals surface area contributed by atoms with E-state index >= 15 is 0 Å². The number of halogens is 1. The van der Waals surface area contributed by atoms with E-state index < -0.39 is 0 Å². The molecule has 2 nitrogen and oxygen atoms in total. The van der Waals surface area contributed by atoms with Gasteiger partial charge in [0.25, 0.3) is 0 Å². The molecule has 20 heavy (non-hydrogen) atoms. The quantitative estimate of drug-likeness (QED) is 0.775. The van der Waals surface area contributed by atoms with Crippen molar-refractivity contribution in [3.05, 3.63) is 27.8 Å². The van der Waals surface area contributed by atoms with Crippen LogP contribution in [0.2, 0.25) is 0 Å². The van der Waals surface area contributed by atoms with Crippen LogP contribution in [0.5, 0.6) is 0 Å². The van der Waals surface area contributed by atoms with Crippen molar-refractivity contribution in [3.8, 4) is 0 Å². The Labute approximate surface area is 136 Å². The number of anilines is 1. The molecule has 2 aliphatic rings. The van der Waals surface area contributed by atoms with Gasteiger partial charge in [-0.3, -0.25) is 0 Å². The molecule has 1 saturated carbocycles. The Morgan fingerprint density at radius 2 is 1.85 bits per heavy atom. The molecule has 1 aromatic rings. The van der Waals surface area contributed by atoms with E-state index in [9.17, 15) is 0 Å². The van der Waals surface area contributed by atoms with Crippen molar-refractivity contribution < 1.29 is 0 Å². The maximum absolute atomic E-state index is 3.89. The molecule has 1 spiro atoms. The highest BCUT2D eigenvalue weighted by molar-refractivity contribution is 14.1. The van der Waals surface area contributed by atoms with E-state index in [1.165, 1.54) is 41.5 Å². The Morgan fingerprint density at radius 1 is 1.20 bits per heavy atom. The van der Waals surface area contributed by atoms with Crippen molar-refractivity contribution in [3.63, 3.8) is 0 Å². The molecule has 0 radical (unpaired) electrons. The van der Waals surface area contributed by atoms with Gasteiger partial charge in [0.2, 0.25) is 0 Å². The van der Waals surface area contributed by atoms with Crippen molar-refractivity contribution in [1.29, 1.82) is 0 Å². The molecule has 1 aliphatic carbocycles. The lowest BCUT2D eigenvalue weighted by Crippen LogP contribution is -2.64. The third-order valence-electron chi connectivity index (χ3n) is 5.05. The third-order valence-corrected chi connectivity index (χ3v) is 5.77. The number of rotatable bonds is 2. The van der Waals surface area contributed by atoms with Gasteiger partial charge in [-0.1, -0.05) is 26.7 Å². The van der Waals surface area contributed by atoms with Crippen LogP contribution in [0.3, 0.4) is 0 Å². The van der Waals surface area contributed by atoms with Crippen LogP contribution in [0, 0.1) is 9.49 Å². The number of benzene rings is 1. The molecule has 3 heteroatoms. The van der Waals surface area contributed by atoms with Gasteiger partial charge < -0.3 is 10.2 Å². The van der Waals surface area contributed by atoms with Crippen molar-refractivity contribution in [2.24, 2.45) is 5.92 Å². The van der Waals surface area contributed by atoms with Gasteiger partial charge in [-0.15, -0.1) is 0 Å². The maximum Gasteiger partial charge on any atom is 0.0438 e. The zero-order chi connectivity index (χ0) is 14.2. The molecule has 3 rings (SSSR count). The Hall–Kier alpha value is -0.290. The van der Waals surface area contributed by atoms with Gasteiger partial charge in [-0.25, -0.2) is 0 Å². The molecule has 1 aromatic carbocycles. The second-order valence-electron chi connectivity index (χ2n) is 6.78. The summed E-state index contributed by atoms with van der Waals surface area (Å²) in [6, 6.07) is 9.67. The minimum atomic E-state index is 0.383. The van der Waals surface area contributed by atoms with Crippen LogP contribution >= 0.6 is 22.6 Å². The molecule has 1 saturated heterocycles. The zero-order valence-corrected chi connectivity index (χ0v) is 14.7. The van der Waals surface area contributed by atoms with Crippen LogP contribution in [0.15, 0.2) is 24.3 Å². The summed E-state index contributed by atoms with van der Waals surface area (Å²) in [5.41, 5.74) is 1.78. The van der Waals surface area contributed by atoms with Crippen LogP contribution in [0.1, 0.15) is 39.5 Å². The maximum atomic E-state index is 3.89. The van der Waals surface area contributed by atoms with Crippen LogP contribution in [-0.4, -0.2) is 24.7 Å². The standard InChI is InChI=1S/C17H25IN2/c1-13(2)16-11-19-17(9-3-4-10-17)12-20(16)15-7-5-14(18)6-8-15/h5-8,13,16,19H,3-4,9-12H2,1-2H3. The van der Waals surface area contributed by atoms with E-state index in [4.69, 9.17) is 0 Å². The first-order valence-electron chi connectivity index (χ1n) is 7.87. The second kappa shape index (κ2) is 5.84. The number of hydrogen-bond acceptors (Lipinski definition) is 2.